The third-order valence-electron chi connectivity index (χ3n) is 2.39. The summed E-state index contributed by atoms with van der Waals surface area (Å²) in [5.41, 5.74) is 4.13. The van der Waals surface area contributed by atoms with Crippen molar-refractivity contribution in [2.24, 2.45) is 0 Å². The van der Waals surface area contributed by atoms with Crippen LogP contribution in [-0.2, 0) is 6.61 Å². The number of hydrogen-bond acceptors (Lipinski definition) is 2. The highest BCUT2D eigenvalue weighted by molar-refractivity contribution is 5.82. The molecule has 2 aromatic rings. The molecule has 0 unspecified atom stereocenters. The summed E-state index contributed by atoms with van der Waals surface area (Å²) in [5.74, 6) is 0. The number of pyridine rings is 1. The summed E-state index contributed by atoms with van der Waals surface area (Å²) in [6.07, 6.45) is 0. The number of aryl methyl sites for hydroxylation is 2. The van der Waals surface area contributed by atoms with Gasteiger partial charge in [0.05, 0.1) is 12.1 Å². The number of benzene rings is 1. The van der Waals surface area contributed by atoms with E-state index in [0.717, 1.165) is 22.2 Å². The third kappa shape index (κ3) is 1.49. The molecule has 0 aliphatic carbocycles. The second-order valence-corrected chi connectivity index (χ2v) is 3.59. The molecule has 2 rings (SSSR count). The first-order chi connectivity index (χ1) is 6.70. The SMILES string of the molecule is Cc1cc(C)c2ccc(CO)cc2n1. The van der Waals surface area contributed by atoms with E-state index in [2.05, 4.69) is 18.0 Å². The number of aromatic nitrogens is 1. The highest BCUT2D eigenvalue weighted by Crippen LogP contribution is 2.18. The maximum Gasteiger partial charge on any atom is 0.0711 e. The molecule has 1 aromatic heterocycles. The molecule has 0 aliphatic heterocycles. The number of aliphatic hydroxyl groups excluding tert-OH is 1. The van der Waals surface area contributed by atoms with Gasteiger partial charge in [0.15, 0.2) is 0 Å². The van der Waals surface area contributed by atoms with Crippen molar-refractivity contribution in [3.05, 3.63) is 41.1 Å². The average Bonchev–Trinajstić information content (AvgIpc) is 2.16. The van der Waals surface area contributed by atoms with Gasteiger partial charge < -0.3 is 5.11 Å². The molecular weight excluding hydrogens is 174 g/mol. The monoisotopic (exact) mass is 187 g/mol. The summed E-state index contributed by atoms with van der Waals surface area (Å²) in [4.78, 5) is 4.43. The van der Waals surface area contributed by atoms with E-state index in [4.69, 9.17) is 5.11 Å². The zero-order chi connectivity index (χ0) is 10.1. The second kappa shape index (κ2) is 3.39. The molecule has 2 heteroatoms. The highest BCUT2D eigenvalue weighted by atomic mass is 16.3. The van der Waals surface area contributed by atoms with Crippen molar-refractivity contribution in [3.63, 3.8) is 0 Å². The molecule has 0 spiro atoms. The minimum absolute atomic E-state index is 0.0740. The smallest absolute Gasteiger partial charge is 0.0711 e. The Bertz CT molecular complexity index is 477. The molecular formula is C12H13NO. The van der Waals surface area contributed by atoms with Crippen LogP contribution in [0, 0.1) is 13.8 Å². The zero-order valence-electron chi connectivity index (χ0n) is 8.41. The maximum absolute atomic E-state index is 9.01. The molecule has 1 aromatic carbocycles. The van der Waals surface area contributed by atoms with Gasteiger partial charge >= 0.3 is 0 Å². The molecule has 0 aliphatic rings. The van der Waals surface area contributed by atoms with Crippen molar-refractivity contribution in [3.8, 4) is 0 Å². The van der Waals surface area contributed by atoms with Gasteiger partial charge in [0.1, 0.15) is 0 Å². The summed E-state index contributed by atoms with van der Waals surface area (Å²) < 4.78 is 0. The molecule has 72 valence electrons. The van der Waals surface area contributed by atoms with Crippen LogP contribution in [0.4, 0.5) is 0 Å². The van der Waals surface area contributed by atoms with Gasteiger partial charge in [-0.1, -0.05) is 12.1 Å². The lowest BCUT2D eigenvalue weighted by molar-refractivity contribution is 0.282. The van der Waals surface area contributed by atoms with Crippen LogP contribution in [0.3, 0.4) is 0 Å². The first-order valence-electron chi connectivity index (χ1n) is 4.68. The third-order valence-corrected chi connectivity index (χ3v) is 2.39. The summed E-state index contributed by atoms with van der Waals surface area (Å²) >= 11 is 0. The van der Waals surface area contributed by atoms with Gasteiger partial charge in [-0.05, 0) is 37.1 Å². The van der Waals surface area contributed by atoms with Crippen LogP contribution >= 0.6 is 0 Å². The van der Waals surface area contributed by atoms with Crippen LogP contribution in [0.25, 0.3) is 10.9 Å². The number of rotatable bonds is 1. The highest BCUT2D eigenvalue weighted by Gasteiger charge is 2.00. The van der Waals surface area contributed by atoms with Crippen molar-refractivity contribution in [1.29, 1.82) is 0 Å². The predicted octanol–water partition coefficient (Wildman–Crippen LogP) is 2.34. The van der Waals surface area contributed by atoms with E-state index in [0.29, 0.717) is 0 Å². The standard InChI is InChI=1S/C12H13NO/c1-8-5-9(2)13-12-6-10(7-14)3-4-11(8)12/h3-6,14H,7H2,1-2H3. The molecule has 0 saturated carbocycles. The number of nitrogens with zero attached hydrogens (tertiary/aromatic N) is 1. The molecule has 0 fully saturated rings. The van der Waals surface area contributed by atoms with Crippen molar-refractivity contribution in [2.75, 3.05) is 0 Å². The van der Waals surface area contributed by atoms with Crippen LogP contribution in [-0.4, -0.2) is 10.1 Å². The van der Waals surface area contributed by atoms with Gasteiger partial charge in [-0.15, -0.1) is 0 Å². The molecule has 1 heterocycles. The Morgan fingerprint density at radius 2 is 2.00 bits per heavy atom. The van der Waals surface area contributed by atoms with E-state index >= 15 is 0 Å². The molecule has 0 radical (unpaired) electrons. The van der Waals surface area contributed by atoms with Gasteiger partial charge in [0.25, 0.3) is 0 Å². The van der Waals surface area contributed by atoms with Gasteiger partial charge in [0, 0.05) is 11.1 Å². The van der Waals surface area contributed by atoms with E-state index in [1.165, 1.54) is 5.56 Å². The largest absolute Gasteiger partial charge is 0.392 e. The Balaban J connectivity index is 2.75. The first kappa shape index (κ1) is 9.16. The predicted molar refractivity (Wildman–Crippen MR) is 57.1 cm³/mol. The van der Waals surface area contributed by atoms with Crippen molar-refractivity contribution in [1.82, 2.24) is 4.98 Å². The van der Waals surface area contributed by atoms with E-state index < -0.39 is 0 Å². The molecule has 14 heavy (non-hydrogen) atoms. The molecule has 0 atom stereocenters. The summed E-state index contributed by atoms with van der Waals surface area (Å²) in [6, 6.07) is 7.96. The molecule has 1 N–H and O–H groups in total. The summed E-state index contributed by atoms with van der Waals surface area (Å²) in [7, 11) is 0. The Labute approximate surface area is 83.2 Å². The van der Waals surface area contributed by atoms with Gasteiger partial charge in [-0.25, -0.2) is 0 Å². The van der Waals surface area contributed by atoms with Gasteiger partial charge in [-0.3, -0.25) is 4.98 Å². The van der Waals surface area contributed by atoms with Crippen LogP contribution in [0.15, 0.2) is 24.3 Å². The molecule has 0 amide bonds. The van der Waals surface area contributed by atoms with Crippen LogP contribution < -0.4 is 0 Å². The van der Waals surface area contributed by atoms with Crippen molar-refractivity contribution >= 4 is 10.9 Å². The quantitative estimate of drug-likeness (QED) is 0.743. The summed E-state index contributed by atoms with van der Waals surface area (Å²) in [5, 5.41) is 10.2. The Morgan fingerprint density at radius 3 is 2.71 bits per heavy atom. The minimum atomic E-state index is 0.0740. The van der Waals surface area contributed by atoms with E-state index in [9.17, 15) is 0 Å². The lowest BCUT2D eigenvalue weighted by Crippen LogP contribution is -1.89. The normalized spacial score (nSPS) is 10.8. The first-order valence-corrected chi connectivity index (χ1v) is 4.68. The fraction of sp³-hybridized carbons (Fsp3) is 0.250. The maximum atomic E-state index is 9.01. The fourth-order valence-corrected chi connectivity index (χ4v) is 1.71. The Kier molecular flexibility index (Phi) is 2.22. The summed E-state index contributed by atoms with van der Waals surface area (Å²) in [6.45, 7) is 4.14. The second-order valence-electron chi connectivity index (χ2n) is 3.59. The van der Waals surface area contributed by atoms with Crippen molar-refractivity contribution in [2.45, 2.75) is 20.5 Å². The van der Waals surface area contributed by atoms with Crippen LogP contribution in [0.1, 0.15) is 16.8 Å². The van der Waals surface area contributed by atoms with Crippen molar-refractivity contribution < 1.29 is 5.11 Å². The number of fused-ring (bicyclic) bond motifs is 1. The zero-order valence-corrected chi connectivity index (χ0v) is 8.41. The van der Waals surface area contributed by atoms with E-state index in [1.807, 2.05) is 25.1 Å². The molecule has 2 nitrogen and oxygen atoms in total. The van der Waals surface area contributed by atoms with Crippen LogP contribution in [0.2, 0.25) is 0 Å². The van der Waals surface area contributed by atoms with E-state index in [1.54, 1.807) is 0 Å². The fourth-order valence-electron chi connectivity index (χ4n) is 1.71. The van der Waals surface area contributed by atoms with E-state index in [-0.39, 0.29) is 6.61 Å². The average molecular weight is 187 g/mol. The Hall–Kier alpha value is -1.41. The molecule has 0 bridgehead atoms. The Morgan fingerprint density at radius 1 is 1.21 bits per heavy atom. The molecule has 0 saturated heterocycles. The van der Waals surface area contributed by atoms with Gasteiger partial charge in [0.2, 0.25) is 0 Å². The lowest BCUT2D eigenvalue weighted by atomic mass is 10.1. The lowest BCUT2D eigenvalue weighted by Gasteiger charge is -2.04. The number of aliphatic hydroxyl groups is 1. The topological polar surface area (TPSA) is 33.1 Å². The van der Waals surface area contributed by atoms with Crippen LogP contribution in [0.5, 0.6) is 0 Å². The minimum Gasteiger partial charge on any atom is -0.392 e. The number of hydrogen-bond donors (Lipinski definition) is 1. The van der Waals surface area contributed by atoms with Gasteiger partial charge in [-0.2, -0.15) is 0 Å².